The molecule has 0 aliphatic rings. The summed E-state index contributed by atoms with van der Waals surface area (Å²) in [6.45, 7) is 10.1. The van der Waals surface area contributed by atoms with Gasteiger partial charge in [-0.15, -0.1) is 11.8 Å². The Morgan fingerprint density at radius 2 is 1.50 bits per heavy atom. The summed E-state index contributed by atoms with van der Waals surface area (Å²) in [6.07, 6.45) is 0. The highest BCUT2D eigenvalue weighted by molar-refractivity contribution is 8.00. The molecule has 0 heterocycles. The number of carbonyl (C=O) groups excluding carboxylic acids is 3. The summed E-state index contributed by atoms with van der Waals surface area (Å²) in [5, 5.41) is 2.82. The molecule has 0 fully saturated rings. The van der Waals surface area contributed by atoms with Crippen LogP contribution < -0.4 is 16.2 Å². The molecule has 0 bridgehead atoms. The zero-order valence-corrected chi connectivity index (χ0v) is 18.9. The fraction of sp³-hybridized carbons (Fsp3) is 0.348. The highest BCUT2D eigenvalue weighted by Crippen LogP contribution is 2.23. The molecule has 3 amide bonds. The molecule has 160 valence electrons. The molecule has 7 heteroatoms. The number of amides is 3. The van der Waals surface area contributed by atoms with Crippen LogP contribution in [0.5, 0.6) is 0 Å². The Bertz CT molecular complexity index is 903. The van der Waals surface area contributed by atoms with Crippen molar-refractivity contribution in [2.24, 2.45) is 0 Å². The minimum atomic E-state index is -0.443. The van der Waals surface area contributed by atoms with Gasteiger partial charge >= 0.3 is 0 Å². The van der Waals surface area contributed by atoms with E-state index in [9.17, 15) is 14.4 Å². The van der Waals surface area contributed by atoms with E-state index in [1.807, 2.05) is 26.0 Å². The Morgan fingerprint density at radius 3 is 2.10 bits per heavy atom. The van der Waals surface area contributed by atoms with E-state index in [1.165, 1.54) is 11.8 Å². The fourth-order valence-corrected chi connectivity index (χ4v) is 3.52. The molecule has 0 spiro atoms. The van der Waals surface area contributed by atoms with Crippen LogP contribution in [0.1, 0.15) is 60.9 Å². The topological polar surface area (TPSA) is 87.3 Å². The number of hydrazine groups is 1. The van der Waals surface area contributed by atoms with E-state index >= 15 is 0 Å². The van der Waals surface area contributed by atoms with Gasteiger partial charge in [-0.3, -0.25) is 25.2 Å². The summed E-state index contributed by atoms with van der Waals surface area (Å²) in [5.74, 6) is -0.737. The first kappa shape index (κ1) is 23.5. The number of hydrogen-bond donors (Lipinski definition) is 3. The SMILES string of the molecule is CC(C)NC(=O)CSc1ccccc1C(=O)NNC(=O)c1ccc(C(C)(C)C)cc1. The Hall–Kier alpha value is -2.80. The molecule has 0 radical (unpaired) electrons. The lowest BCUT2D eigenvalue weighted by Gasteiger charge is -2.19. The molecule has 0 aliphatic carbocycles. The number of thioether (sulfide) groups is 1. The summed E-state index contributed by atoms with van der Waals surface area (Å²) in [7, 11) is 0. The van der Waals surface area contributed by atoms with Gasteiger partial charge in [0.1, 0.15) is 0 Å². The summed E-state index contributed by atoms with van der Waals surface area (Å²) < 4.78 is 0. The van der Waals surface area contributed by atoms with Crippen LogP contribution in [-0.4, -0.2) is 29.5 Å². The second kappa shape index (κ2) is 10.3. The average molecular weight is 428 g/mol. The Balaban J connectivity index is 1.98. The van der Waals surface area contributed by atoms with Gasteiger partial charge in [0.25, 0.3) is 11.8 Å². The molecule has 6 nitrogen and oxygen atoms in total. The lowest BCUT2D eigenvalue weighted by atomic mass is 9.87. The molecule has 0 saturated heterocycles. The number of rotatable bonds is 6. The molecule has 0 saturated carbocycles. The van der Waals surface area contributed by atoms with Gasteiger partial charge in [-0.25, -0.2) is 0 Å². The van der Waals surface area contributed by atoms with E-state index in [-0.39, 0.29) is 23.1 Å². The standard InChI is InChI=1S/C23H29N3O3S/c1-15(2)24-20(27)14-30-19-9-7-6-8-18(19)22(29)26-25-21(28)16-10-12-17(13-11-16)23(3,4)5/h6-13,15H,14H2,1-5H3,(H,24,27)(H,25,28)(H,26,29). The highest BCUT2D eigenvalue weighted by Gasteiger charge is 2.16. The van der Waals surface area contributed by atoms with Crippen molar-refractivity contribution in [2.45, 2.75) is 51.0 Å². The van der Waals surface area contributed by atoms with Gasteiger partial charge < -0.3 is 5.32 Å². The van der Waals surface area contributed by atoms with Crippen molar-refractivity contribution < 1.29 is 14.4 Å². The van der Waals surface area contributed by atoms with Gasteiger partial charge in [-0.05, 0) is 49.1 Å². The first-order valence-corrected chi connectivity index (χ1v) is 10.8. The van der Waals surface area contributed by atoms with E-state index in [2.05, 4.69) is 36.9 Å². The molecule has 2 rings (SSSR count). The van der Waals surface area contributed by atoms with Crippen molar-refractivity contribution in [1.29, 1.82) is 0 Å². The normalized spacial score (nSPS) is 11.1. The predicted molar refractivity (Wildman–Crippen MR) is 121 cm³/mol. The first-order valence-electron chi connectivity index (χ1n) is 9.80. The van der Waals surface area contributed by atoms with E-state index in [0.29, 0.717) is 16.0 Å². The predicted octanol–water partition coefficient (Wildman–Crippen LogP) is 3.68. The molecule has 0 atom stereocenters. The molecular formula is C23H29N3O3S. The smallest absolute Gasteiger partial charge is 0.270 e. The fourth-order valence-electron chi connectivity index (χ4n) is 2.66. The van der Waals surface area contributed by atoms with Gasteiger partial charge in [-0.1, -0.05) is 45.0 Å². The lowest BCUT2D eigenvalue weighted by molar-refractivity contribution is -0.119. The molecular weight excluding hydrogens is 398 g/mol. The molecule has 30 heavy (non-hydrogen) atoms. The van der Waals surface area contributed by atoms with Crippen LogP contribution >= 0.6 is 11.8 Å². The molecule has 2 aromatic rings. The van der Waals surface area contributed by atoms with Crippen molar-refractivity contribution in [3.63, 3.8) is 0 Å². The minimum absolute atomic E-state index is 0.00330. The maximum atomic E-state index is 12.6. The minimum Gasteiger partial charge on any atom is -0.353 e. The molecule has 3 N–H and O–H groups in total. The lowest BCUT2D eigenvalue weighted by Crippen LogP contribution is -2.41. The summed E-state index contributed by atoms with van der Waals surface area (Å²) in [4.78, 5) is 37.5. The molecule has 0 unspecified atom stereocenters. The van der Waals surface area contributed by atoms with Gasteiger partial charge in [0.2, 0.25) is 5.91 Å². The van der Waals surface area contributed by atoms with E-state index in [0.717, 1.165) is 5.56 Å². The highest BCUT2D eigenvalue weighted by atomic mass is 32.2. The van der Waals surface area contributed by atoms with Crippen LogP contribution in [0, 0.1) is 0 Å². The van der Waals surface area contributed by atoms with Crippen LogP contribution in [0.25, 0.3) is 0 Å². The third-order valence-corrected chi connectivity index (χ3v) is 5.32. The number of carbonyl (C=O) groups is 3. The van der Waals surface area contributed by atoms with Crippen molar-refractivity contribution >= 4 is 29.5 Å². The maximum absolute atomic E-state index is 12.6. The average Bonchev–Trinajstić information content (AvgIpc) is 2.69. The monoisotopic (exact) mass is 427 g/mol. The zero-order valence-electron chi connectivity index (χ0n) is 18.0. The van der Waals surface area contributed by atoms with Crippen molar-refractivity contribution in [2.75, 3.05) is 5.75 Å². The largest absolute Gasteiger partial charge is 0.353 e. The molecule has 0 aromatic heterocycles. The molecule has 2 aromatic carbocycles. The van der Waals surface area contributed by atoms with Gasteiger partial charge in [0, 0.05) is 16.5 Å². The third-order valence-electron chi connectivity index (χ3n) is 4.24. The van der Waals surface area contributed by atoms with Crippen molar-refractivity contribution in [3.05, 3.63) is 65.2 Å². The van der Waals surface area contributed by atoms with Crippen LogP contribution in [0.2, 0.25) is 0 Å². The number of hydrogen-bond acceptors (Lipinski definition) is 4. The van der Waals surface area contributed by atoms with E-state index < -0.39 is 11.8 Å². The second-order valence-electron chi connectivity index (χ2n) is 8.24. The molecule has 0 aliphatic heterocycles. The van der Waals surface area contributed by atoms with Crippen molar-refractivity contribution in [3.8, 4) is 0 Å². The maximum Gasteiger partial charge on any atom is 0.270 e. The number of nitrogens with one attached hydrogen (secondary N) is 3. The number of benzene rings is 2. The van der Waals surface area contributed by atoms with Gasteiger partial charge in [0.15, 0.2) is 0 Å². The summed E-state index contributed by atoms with van der Waals surface area (Å²) >= 11 is 1.27. The Morgan fingerprint density at radius 1 is 0.900 bits per heavy atom. The first-order chi connectivity index (χ1) is 14.1. The second-order valence-corrected chi connectivity index (χ2v) is 9.26. The van der Waals surface area contributed by atoms with Crippen LogP contribution in [0.15, 0.2) is 53.4 Å². The quantitative estimate of drug-likeness (QED) is 0.485. The van der Waals surface area contributed by atoms with Gasteiger partial charge in [0.05, 0.1) is 11.3 Å². The van der Waals surface area contributed by atoms with E-state index in [1.54, 1.807) is 36.4 Å². The van der Waals surface area contributed by atoms with Gasteiger partial charge in [-0.2, -0.15) is 0 Å². The Labute approximate surface area is 182 Å². The summed E-state index contributed by atoms with van der Waals surface area (Å²) in [5.41, 5.74) is 6.86. The third kappa shape index (κ3) is 6.91. The van der Waals surface area contributed by atoms with Crippen LogP contribution in [-0.2, 0) is 10.2 Å². The zero-order chi connectivity index (χ0) is 22.3. The Kier molecular flexibility index (Phi) is 8.06. The van der Waals surface area contributed by atoms with Crippen molar-refractivity contribution in [1.82, 2.24) is 16.2 Å². The van der Waals surface area contributed by atoms with Crippen LogP contribution in [0.3, 0.4) is 0 Å². The van der Waals surface area contributed by atoms with E-state index in [4.69, 9.17) is 0 Å². The van der Waals surface area contributed by atoms with Crippen LogP contribution in [0.4, 0.5) is 0 Å². The summed E-state index contributed by atoms with van der Waals surface area (Å²) in [6, 6.07) is 14.3.